The van der Waals surface area contributed by atoms with Crippen molar-refractivity contribution in [3.8, 4) is 0 Å². The molecule has 1 aromatic carbocycles. The van der Waals surface area contributed by atoms with Gasteiger partial charge in [-0.25, -0.2) is 0 Å². The van der Waals surface area contributed by atoms with Gasteiger partial charge in [-0.3, -0.25) is 9.59 Å². The second kappa shape index (κ2) is 7.16. The van der Waals surface area contributed by atoms with E-state index in [1.807, 2.05) is 21.9 Å². The van der Waals surface area contributed by atoms with Crippen molar-refractivity contribution >= 4 is 17.5 Å². The summed E-state index contributed by atoms with van der Waals surface area (Å²) in [6.45, 7) is 3.73. The number of carbonyl (C=O) groups is 2. The van der Waals surface area contributed by atoms with Crippen LogP contribution in [-0.2, 0) is 14.3 Å². The normalized spacial score (nSPS) is 26.2. The second-order valence-electron chi connectivity index (χ2n) is 7.39. The molecule has 0 spiro atoms. The van der Waals surface area contributed by atoms with Gasteiger partial charge in [0, 0.05) is 44.3 Å². The van der Waals surface area contributed by atoms with E-state index in [1.54, 1.807) is 0 Å². The van der Waals surface area contributed by atoms with E-state index < -0.39 is 0 Å². The van der Waals surface area contributed by atoms with Crippen LogP contribution in [0.25, 0.3) is 0 Å². The zero-order chi connectivity index (χ0) is 17.2. The molecular formula is C20H26N2O3. The van der Waals surface area contributed by atoms with Crippen molar-refractivity contribution in [2.45, 2.75) is 38.0 Å². The molecule has 5 heteroatoms. The van der Waals surface area contributed by atoms with Crippen LogP contribution in [0.2, 0.25) is 0 Å². The van der Waals surface area contributed by atoms with E-state index in [4.69, 9.17) is 4.74 Å². The first kappa shape index (κ1) is 16.6. The molecular weight excluding hydrogens is 316 g/mol. The lowest BCUT2D eigenvalue weighted by Gasteiger charge is -2.27. The van der Waals surface area contributed by atoms with Crippen LogP contribution in [0.15, 0.2) is 24.3 Å². The minimum Gasteiger partial charge on any atom is -0.381 e. The summed E-state index contributed by atoms with van der Waals surface area (Å²) in [5.41, 5.74) is 2.30. The van der Waals surface area contributed by atoms with E-state index in [-0.39, 0.29) is 17.7 Å². The molecule has 5 nitrogen and oxygen atoms in total. The molecule has 2 fully saturated rings. The van der Waals surface area contributed by atoms with E-state index in [0.29, 0.717) is 18.9 Å². The number of nitrogens with zero attached hydrogens (tertiary/aromatic N) is 2. The minimum absolute atomic E-state index is 0.0132. The summed E-state index contributed by atoms with van der Waals surface area (Å²) in [5, 5.41) is 0. The quantitative estimate of drug-likeness (QED) is 0.845. The molecule has 1 aromatic rings. The van der Waals surface area contributed by atoms with Crippen molar-refractivity contribution in [3.63, 3.8) is 0 Å². The number of carbonyl (C=O) groups excluding carboxylic acids is 2. The van der Waals surface area contributed by atoms with Crippen LogP contribution in [0.4, 0.5) is 5.69 Å². The van der Waals surface area contributed by atoms with Crippen LogP contribution in [0.5, 0.6) is 0 Å². The lowest BCUT2D eigenvalue weighted by atomic mass is 9.98. The fourth-order valence-corrected chi connectivity index (χ4v) is 4.36. The Morgan fingerprint density at radius 3 is 2.88 bits per heavy atom. The third-order valence-electron chi connectivity index (χ3n) is 5.76. The molecule has 134 valence electrons. The molecule has 3 aliphatic heterocycles. The van der Waals surface area contributed by atoms with Crippen LogP contribution >= 0.6 is 0 Å². The molecule has 2 atom stereocenters. The van der Waals surface area contributed by atoms with Crippen molar-refractivity contribution in [2.75, 3.05) is 37.7 Å². The number of fused-ring (bicyclic) bond motifs is 1. The molecule has 0 radical (unpaired) electrons. The summed E-state index contributed by atoms with van der Waals surface area (Å²) in [6.07, 6.45) is 4.48. The Morgan fingerprint density at radius 2 is 2.12 bits per heavy atom. The van der Waals surface area contributed by atoms with Gasteiger partial charge in [0.05, 0.1) is 12.5 Å². The summed E-state index contributed by atoms with van der Waals surface area (Å²) < 4.78 is 5.51. The molecule has 0 bridgehead atoms. The number of benzene rings is 1. The van der Waals surface area contributed by atoms with Crippen molar-refractivity contribution in [2.24, 2.45) is 5.92 Å². The number of ether oxygens (including phenoxy) is 1. The van der Waals surface area contributed by atoms with Crippen LogP contribution < -0.4 is 4.90 Å². The molecule has 0 N–H and O–H groups in total. The van der Waals surface area contributed by atoms with Gasteiger partial charge in [-0.2, -0.15) is 0 Å². The maximum atomic E-state index is 13.0. The first-order valence-electron chi connectivity index (χ1n) is 9.50. The van der Waals surface area contributed by atoms with Gasteiger partial charge in [-0.1, -0.05) is 18.2 Å². The van der Waals surface area contributed by atoms with Crippen molar-refractivity contribution in [3.05, 3.63) is 29.8 Å². The second-order valence-corrected chi connectivity index (χ2v) is 7.39. The average molecular weight is 342 g/mol. The average Bonchev–Trinajstić information content (AvgIpc) is 3.23. The Balaban J connectivity index is 1.47. The standard InChI is InChI=1S/C20H26N2O3/c23-19-8-3-10-21(19)11-9-15-13-22(18-7-2-1-6-17(15)18)20(24)16-5-4-12-25-14-16/h1-2,6-7,15-16H,3-5,8-14H2/t15-,16+/m0/s1. The number of hydrogen-bond acceptors (Lipinski definition) is 3. The first-order valence-corrected chi connectivity index (χ1v) is 9.50. The lowest BCUT2D eigenvalue weighted by Crippen LogP contribution is -2.39. The van der Waals surface area contributed by atoms with E-state index >= 15 is 0 Å². The minimum atomic E-state index is -0.0132. The summed E-state index contributed by atoms with van der Waals surface area (Å²) >= 11 is 0. The van der Waals surface area contributed by atoms with Crippen molar-refractivity contribution in [1.82, 2.24) is 4.90 Å². The van der Waals surface area contributed by atoms with Crippen molar-refractivity contribution < 1.29 is 14.3 Å². The predicted octanol–water partition coefficient (Wildman–Crippen LogP) is 2.56. The SMILES string of the molecule is O=C1CCCN1CC[C@H]1CN(C(=O)[C@@H]2CCCOC2)c2ccccc21. The first-order chi connectivity index (χ1) is 12.2. The van der Waals surface area contributed by atoms with Gasteiger partial charge in [0.1, 0.15) is 0 Å². The van der Waals surface area contributed by atoms with Crippen LogP contribution in [0.3, 0.4) is 0 Å². The number of likely N-dealkylation sites (tertiary alicyclic amines) is 1. The molecule has 2 saturated heterocycles. The summed E-state index contributed by atoms with van der Waals surface area (Å²) in [6, 6.07) is 8.24. The van der Waals surface area contributed by atoms with E-state index in [0.717, 1.165) is 57.6 Å². The maximum Gasteiger partial charge on any atom is 0.232 e. The summed E-state index contributed by atoms with van der Waals surface area (Å²) in [7, 11) is 0. The van der Waals surface area contributed by atoms with E-state index in [2.05, 4.69) is 12.1 Å². The molecule has 4 rings (SSSR count). The molecule has 2 amide bonds. The Morgan fingerprint density at radius 1 is 1.24 bits per heavy atom. The van der Waals surface area contributed by atoms with Gasteiger partial charge in [-0.15, -0.1) is 0 Å². The molecule has 0 aromatic heterocycles. The third kappa shape index (κ3) is 3.30. The number of anilines is 1. The molecule has 0 aliphatic carbocycles. The molecule has 0 unspecified atom stereocenters. The van der Waals surface area contributed by atoms with E-state index in [1.165, 1.54) is 5.56 Å². The monoisotopic (exact) mass is 342 g/mol. The number of rotatable bonds is 4. The van der Waals surface area contributed by atoms with Crippen LogP contribution in [0, 0.1) is 5.92 Å². The summed E-state index contributed by atoms with van der Waals surface area (Å²) in [4.78, 5) is 28.8. The van der Waals surface area contributed by atoms with Crippen LogP contribution in [0.1, 0.15) is 43.6 Å². The predicted molar refractivity (Wildman–Crippen MR) is 95.5 cm³/mol. The highest BCUT2D eigenvalue weighted by Crippen LogP contribution is 2.39. The van der Waals surface area contributed by atoms with Gasteiger partial charge in [-0.05, 0) is 37.3 Å². The zero-order valence-corrected chi connectivity index (χ0v) is 14.7. The molecule has 0 saturated carbocycles. The van der Waals surface area contributed by atoms with E-state index in [9.17, 15) is 9.59 Å². The summed E-state index contributed by atoms with van der Waals surface area (Å²) in [5.74, 6) is 0.782. The Hall–Kier alpha value is -1.88. The Bertz CT molecular complexity index is 654. The smallest absolute Gasteiger partial charge is 0.232 e. The third-order valence-corrected chi connectivity index (χ3v) is 5.76. The molecule has 3 aliphatic rings. The lowest BCUT2D eigenvalue weighted by molar-refractivity contribution is -0.128. The van der Waals surface area contributed by atoms with Gasteiger partial charge >= 0.3 is 0 Å². The highest BCUT2D eigenvalue weighted by atomic mass is 16.5. The van der Waals surface area contributed by atoms with Gasteiger partial charge in [0.15, 0.2) is 0 Å². The Labute approximate surface area is 148 Å². The zero-order valence-electron chi connectivity index (χ0n) is 14.7. The van der Waals surface area contributed by atoms with Gasteiger partial charge < -0.3 is 14.5 Å². The number of para-hydroxylation sites is 1. The van der Waals surface area contributed by atoms with Crippen LogP contribution in [-0.4, -0.2) is 49.6 Å². The highest BCUT2D eigenvalue weighted by Gasteiger charge is 2.36. The van der Waals surface area contributed by atoms with Crippen molar-refractivity contribution in [1.29, 1.82) is 0 Å². The Kier molecular flexibility index (Phi) is 4.75. The molecule has 25 heavy (non-hydrogen) atoms. The van der Waals surface area contributed by atoms with Gasteiger partial charge in [0.2, 0.25) is 11.8 Å². The maximum absolute atomic E-state index is 13.0. The largest absolute Gasteiger partial charge is 0.381 e. The highest BCUT2D eigenvalue weighted by molar-refractivity contribution is 5.97. The van der Waals surface area contributed by atoms with Gasteiger partial charge in [0.25, 0.3) is 0 Å². The fraction of sp³-hybridized carbons (Fsp3) is 0.600. The number of amides is 2. The topological polar surface area (TPSA) is 49.9 Å². The number of hydrogen-bond donors (Lipinski definition) is 0. The molecule has 3 heterocycles. The fourth-order valence-electron chi connectivity index (χ4n) is 4.36.